The van der Waals surface area contributed by atoms with Crippen LogP contribution >= 0.6 is 0 Å². The molecule has 0 aliphatic rings. The Labute approximate surface area is 82.4 Å². The van der Waals surface area contributed by atoms with Gasteiger partial charge < -0.3 is 9.41 Å². The van der Waals surface area contributed by atoms with Gasteiger partial charge in [0.05, 0.1) is 0 Å². The lowest BCUT2D eigenvalue weighted by Gasteiger charge is -2.09. The van der Waals surface area contributed by atoms with E-state index < -0.39 is 13.1 Å². The van der Waals surface area contributed by atoms with Crippen LogP contribution in [0.4, 0.5) is 0 Å². The van der Waals surface area contributed by atoms with E-state index in [1.807, 2.05) is 6.07 Å². The summed E-state index contributed by atoms with van der Waals surface area (Å²) in [7, 11) is -0.887. The van der Waals surface area contributed by atoms with Crippen LogP contribution in [0.3, 0.4) is 0 Å². The van der Waals surface area contributed by atoms with Crippen molar-refractivity contribution < 1.29 is 14.2 Å². The molecule has 0 unspecified atom stereocenters. The van der Waals surface area contributed by atoms with Crippen LogP contribution in [0.25, 0.3) is 0 Å². The monoisotopic (exact) mass is 191 g/mol. The van der Waals surface area contributed by atoms with Crippen molar-refractivity contribution in [2.75, 3.05) is 0 Å². The van der Waals surface area contributed by atoms with E-state index in [-0.39, 0.29) is 0 Å². The van der Waals surface area contributed by atoms with Gasteiger partial charge in [-0.25, -0.2) is 10.7 Å². The number of hydrogen-bond donors (Lipinski definition) is 1. The summed E-state index contributed by atoms with van der Waals surface area (Å²) in [4.78, 5) is 10.9. The van der Waals surface area contributed by atoms with Crippen molar-refractivity contribution in [1.29, 1.82) is 0 Å². The fourth-order valence-electron chi connectivity index (χ4n) is 0.938. The molecule has 14 heavy (non-hydrogen) atoms. The van der Waals surface area contributed by atoms with Crippen molar-refractivity contribution in [3.05, 3.63) is 43.0 Å². The molecule has 0 bridgehead atoms. The molecule has 1 rings (SSSR count). The highest BCUT2D eigenvalue weighted by molar-refractivity contribution is 6.62. The molecule has 4 nitrogen and oxygen atoms in total. The molecule has 0 spiro atoms. The smallest absolute Gasteiger partial charge is 0.502 e. The van der Waals surface area contributed by atoms with Gasteiger partial charge in [-0.1, -0.05) is 36.9 Å². The highest BCUT2D eigenvalue weighted by Crippen LogP contribution is 1.92. The zero-order valence-electron chi connectivity index (χ0n) is 7.55. The van der Waals surface area contributed by atoms with Crippen molar-refractivity contribution in [2.45, 2.75) is 0 Å². The molecule has 72 valence electrons. The third kappa shape index (κ3) is 2.72. The van der Waals surface area contributed by atoms with Crippen molar-refractivity contribution in [2.24, 2.45) is 5.90 Å². The van der Waals surface area contributed by atoms with Crippen LogP contribution in [0, 0.1) is 0 Å². The molecular formula is C9H10BNO3. The van der Waals surface area contributed by atoms with Gasteiger partial charge in [0.2, 0.25) is 0 Å². The van der Waals surface area contributed by atoms with Gasteiger partial charge in [0, 0.05) is 6.08 Å². The van der Waals surface area contributed by atoms with E-state index in [0.717, 1.165) is 6.08 Å². The first-order valence-corrected chi connectivity index (χ1v) is 4.01. The summed E-state index contributed by atoms with van der Waals surface area (Å²) < 4.78 is 9.35. The van der Waals surface area contributed by atoms with Gasteiger partial charge in [-0.3, -0.25) is 0 Å². The molecular weight excluding hydrogens is 181 g/mol. The van der Waals surface area contributed by atoms with Crippen LogP contribution in [0.5, 0.6) is 0 Å². The predicted molar refractivity (Wildman–Crippen MR) is 53.4 cm³/mol. The lowest BCUT2D eigenvalue weighted by molar-refractivity contribution is -0.130. The maximum atomic E-state index is 10.9. The Kier molecular flexibility index (Phi) is 3.91. The van der Waals surface area contributed by atoms with Gasteiger partial charge in [-0.15, -0.1) is 0 Å². The fourth-order valence-corrected chi connectivity index (χ4v) is 0.938. The molecule has 0 amide bonds. The summed E-state index contributed by atoms with van der Waals surface area (Å²) in [6.45, 7) is 3.27. The molecule has 0 radical (unpaired) electrons. The van der Waals surface area contributed by atoms with Crippen LogP contribution in [0.1, 0.15) is 0 Å². The minimum atomic E-state index is -0.887. The molecule has 0 heterocycles. The average Bonchev–Trinajstić information content (AvgIpc) is 2.26. The van der Waals surface area contributed by atoms with E-state index in [0.29, 0.717) is 5.46 Å². The van der Waals surface area contributed by atoms with Gasteiger partial charge >= 0.3 is 13.1 Å². The average molecular weight is 191 g/mol. The zero-order valence-corrected chi connectivity index (χ0v) is 7.55. The second-order valence-corrected chi connectivity index (χ2v) is 2.52. The molecule has 2 N–H and O–H groups in total. The Bertz CT molecular complexity index is 315. The largest absolute Gasteiger partial charge is 0.581 e. The number of carbonyl (C=O) groups is 1. The molecule has 0 atom stereocenters. The lowest BCUT2D eigenvalue weighted by Crippen LogP contribution is -2.40. The van der Waals surface area contributed by atoms with Crippen molar-refractivity contribution in [3.8, 4) is 0 Å². The maximum Gasteiger partial charge on any atom is 0.581 e. The third-order valence-electron chi connectivity index (χ3n) is 1.59. The molecule has 0 aromatic heterocycles. The van der Waals surface area contributed by atoms with Crippen LogP contribution in [-0.2, 0) is 14.2 Å². The summed E-state index contributed by atoms with van der Waals surface area (Å²) in [5.41, 5.74) is 0.671. The van der Waals surface area contributed by atoms with E-state index in [2.05, 4.69) is 11.3 Å². The number of nitrogens with two attached hydrogens (primary N) is 1. The first-order valence-electron chi connectivity index (χ1n) is 4.01. The van der Waals surface area contributed by atoms with Gasteiger partial charge in [0.25, 0.3) is 0 Å². The topological polar surface area (TPSA) is 61.5 Å². The second kappa shape index (κ2) is 5.21. The molecule has 5 heteroatoms. The van der Waals surface area contributed by atoms with Crippen LogP contribution in [0.2, 0.25) is 0 Å². The summed E-state index contributed by atoms with van der Waals surface area (Å²) in [5.74, 6) is 4.42. The molecule has 0 saturated heterocycles. The summed E-state index contributed by atoms with van der Waals surface area (Å²) >= 11 is 0. The first-order chi connectivity index (χ1) is 6.77. The van der Waals surface area contributed by atoms with Crippen molar-refractivity contribution in [1.82, 2.24) is 0 Å². The fraction of sp³-hybridized carbons (Fsp3) is 0. The molecule has 0 fully saturated rings. The minimum absolute atomic E-state index is 0.579. The third-order valence-corrected chi connectivity index (χ3v) is 1.59. The second-order valence-electron chi connectivity index (χ2n) is 2.52. The first kappa shape index (κ1) is 10.5. The Balaban J connectivity index is 2.72. The van der Waals surface area contributed by atoms with Crippen molar-refractivity contribution >= 4 is 18.6 Å². The predicted octanol–water partition coefficient (Wildman–Crippen LogP) is 0.00130. The Morgan fingerprint density at radius 1 is 1.43 bits per heavy atom. The summed E-state index contributed by atoms with van der Waals surface area (Å²) in [5, 5.41) is 0. The van der Waals surface area contributed by atoms with Crippen LogP contribution in [-0.4, -0.2) is 13.1 Å². The lowest BCUT2D eigenvalue weighted by atomic mass is 9.79. The number of benzene rings is 1. The van der Waals surface area contributed by atoms with E-state index in [9.17, 15) is 4.79 Å². The standard InChI is InChI=1S/C9H10BNO3/c1-2-9(12)13-10(14-11)8-6-4-3-5-7-8/h2-7H,1,11H2. The highest BCUT2D eigenvalue weighted by Gasteiger charge is 2.23. The Morgan fingerprint density at radius 2 is 2.07 bits per heavy atom. The van der Waals surface area contributed by atoms with Gasteiger partial charge in [0.1, 0.15) is 0 Å². The van der Waals surface area contributed by atoms with Gasteiger partial charge in [-0.2, -0.15) is 0 Å². The molecule has 1 aromatic rings. The van der Waals surface area contributed by atoms with E-state index in [1.54, 1.807) is 24.3 Å². The van der Waals surface area contributed by atoms with Gasteiger partial charge in [-0.05, 0) is 5.46 Å². The van der Waals surface area contributed by atoms with E-state index in [4.69, 9.17) is 10.6 Å². The summed E-state index contributed by atoms with van der Waals surface area (Å²) in [6.07, 6.45) is 1.05. The van der Waals surface area contributed by atoms with E-state index >= 15 is 0 Å². The van der Waals surface area contributed by atoms with Gasteiger partial charge in [0.15, 0.2) is 0 Å². The van der Waals surface area contributed by atoms with Crippen molar-refractivity contribution in [3.63, 3.8) is 0 Å². The molecule has 1 aromatic carbocycles. The zero-order chi connectivity index (χ0) is 10.4. The van der Waals surface area contributed by atoms with E-state index in [1.165, 1.54) is 0 Å². The Hall–Kier alpha value is -1.59. The molecule has 0 aliphatic carbocycles. The minimum Gasteiger partial charge on any atom is -0.502 e. The normalized spacial score (nSPS) is 9.21. The quantitative estimate of drug-likeness (QED) is 0.413. The summed E-state index contributed by atoms with van der Waals surface area (Å²) in [6, 6.07) is 8.92. The van der Waals surface area contributed by atoms with Crippen LogP contribution < -0.4 is 11.4 Å². The number of rotatable bonds is 4. The maximum absolute atomic E-state index is 10.9. The van der Waals surface area contributed by atoms with Crippen LogP contribution in [0.15, 0.2) is 43.0 Å². The highest BCUT2D eigenvalue weighted by atomic mass is 16.7. The molecule has 0 aliphatic heterocycles. The SMILES string of the molecule is C=CC(=O)OB(ON)c1ccccc1. The number of hydrogen-bond acceptors (Lipinski definition) is 4. The molecule has 0 saturated carbocycles. The Morgan fingerprint density at radius 3 is 2.57 bits per heavy atom. The number of carbonyl (C=O) groups excluding carboxylic acids is 1.